The third kappa shape index (κ3) is 4.99. The van der Waals surface area contributed by atoms with E-state index in [0.717, 1.165) is 22.4 Å². The molecule has 4 nitrogen and oxygen atoms in total. The van der Waals surface area contributed by atoms with Gasteiger partial charge in [-0.15, -0.1) is 0 Å². The summed E-state index contributed by atoms with van der Waals surface area (Å²) in [6.45, 7) is 4.23. The molecule has 134 valence electrons. The molecule has 0 fully saturated rings. The fraction of sp³-hybridized carbons (Fsp3) is 0.238. The average molecular weight is 366 g/mol. The van der Waals surface area contributed by atoms with Crippen LogP contribution in [-0.2, 0) is 5.75 Å². The van der Waals surface area contributed by atoms with Gasteiger partial charge in [0.2, 0.25) is 5.88 Å². The molecule has 3 aromatic rings. The summed E-state index contributed by atoms with van der Waals surface area (Å²) in [6, 6.07) is 19.7. The maximum atomic E-state index is 5.96. The molecule has 2 aromatic carbocycles. The normalized spacial score (nSPS) is 10.8. The molecule has 0 aliphatic heterocycles. The van der Waals surface area contributed by atoms with Crippen LogP contribution in [0.2, 0.25) is 0 Å². The minimum absolute atomic E-state index is 0.293. The summed E-state index contributed by atoms with van der Waals surface area (Å²) in [5, 5.41) is 0.720. The first kappa shape index (κ1) is 18.3. The fourth-order valence-corrected chi connectivity index (χ4v) is 3.15. The molecule has 1 aromatic heterocycles. The summed E-state index contributed by atoms with van der Waals surface area (Å²) in [7, 11) is 1.64. The zero-order valence-corrected chi connectivity index (χ0v) is 16.0. The van der Waals surface area contributed by atoms with E-state index >= 15 is 0 Å². The number of methoxy groups -OCH3 is 1. The Hall–Kier alpha value is -2.53. The van der Waals surface area contributed by atoms with Crippen LogP contribution in [0, 0.1) is 0 Å². The number of hydrogen-bond acceptors (Lipinski definition) is 5. The number of ether oxygens (including phenoxy) is 2. The zero-order valence-electron chi connectivity index (χ0n) is 15.2. The van der Waals surface area contributed by atoms with Crippen LogP contribution in [0.4, 0.5) is 0 Å². The minimum atomic E-state index is 0.293. The maximum absolute atomic E-state index is 5.96. The molecule has 5 heteroatoms. The molecule has 0 amide bonds. The Bertz CT molecular complexity index is 854. The van der Waals surface area contributed by atoms with E-state index in [9.17, 15) is 0 Å². The van der Waals surface area contributed by atoms with Crippen molar-refractivity contribution in [1.29, 1.82) is 0 Å². The smallest absolute Gasteiger partial charge is 0.223 e. The SMILES string of the molecule is COc1cccc(Oc2cc(C(C)C)nc(SCc3ccccc3)n2)c1. The Labute approximate surface area is 158 Å². The van der Waals surface area contributed by atoms with Gasteiger partial charge in [-0.1, -0.05) is 62.0 Å². The second kappa shape index (κ2) is 8.72. The van der Waals surface area contributed by atoms with Crippen molar-refractivity contribution >= 4 is 11.8 Å². The van der Waals surface area contributed by atoms with E-state index in [-0.39, 0.29) is 0 Å². The second-order valence-corrected chi connectivity index (χ2v) is 7.07. The highest BCUT2D eigenvalue weighted by Gasteiger charge is 2.11. The van der Waals surface area contributed by atoms with Gasteiger partial charge in [0.25, 0.3) is 0 Å². The summed E-state index contributed by atoms with van der Waals surface area (Å²) in [4.78, 5) is 9.24. The Morgan fingerprint density at radius 2 is 1.69 bits per heavy atom. The summed E-state index contributed by atoms with van der Waals surface area (Å²) >= 11 is 1.61. The zero-order chi connectivity index (χ0) is 18.4. The van der Waals surface area contributed by atoms with Gasteiger partial charge < -0.3 is 9.47 Å². The molecule has 0 unspecified atom stereocenters. The highest BCUT2D eigenvalue weighted by atomic mass is 32.2. The second-order valence-electron chi connectivity index (χ2n) is 6.12. The lowest BCUT2D eigenvalue weighted by Crippen LogP contribution is -2.00. The first-order chi connectivity index (χ1) is 12.6. The van der Waals surface area contributed by atoms with Crippen molar-refractivity contribution in [1.82, 2.24) is 9.97 Å². The number of benzene rings is 2. The van der Waals surface area contributed by atoms with E-state index in [2.05, 4.69) is 35.9 Å². The van der Waals surface area contributed by atoms with Crippen LogP contribution >= 0.6 is 11.8 Å². The van der Waals surface area contributed by atoms with Crippen molar-refractivity contribution in [2.45, 2.75) is 30.7 Å². The van der Waals surface area contributed by atoms with Gasteiger partial charge in [-0.05, 0) is 23.6 Å². The van der Waals surface area contributed by atoms with Gasteiger partial charge in [-0.3, -0.25) is 0 Å². The fourth-order valence-electron chi connectivity index (χ4n) is 2.34. The molecule has 0 saturated heterocycles. The summed E-state index contributed by atoms with van der Waals surface area (Å²) < 4.78 is 11.2. The molecule has 0 bridgehead atoms. The number of rotatable bonds is 7. The number of aromatic nitrogens is 2. The minimum Gasteiger partial charge on any atom is -0.497 e. The van der Waals surface area contributed by atoms with Crippen LogP contribution in [-0.4, -0.2) is 17.1 Å². The molecule has 0 radical (unpaired) electrons. The van der Waals surface area contributed by atoms with Crippen LogP contribution in [0.1, 0.15) is 31.0 Å². The maximum Gasteiger partial charge on any atom is 0.223 e. The van der Waals surface area contributed by atoms with Gasteiger partial charge in [0.15, 0.2) is 5.16 Å². The van der Waals surface area contributed by atoms with E-state index in [1.54, 1.807) is 18.9 Å². The van der Waals surface area contributed by atoms with Gasteiger partial charge in [0.05, 0.1) is 12.8 Å². The van der Waals surface area contributed by atoms with Gasteiger partial charge in [0, 0.05) is 17.9 Å². The van der Waals surface area contributed by atoms with Crippen LogP contribution in [0.3, 0.4) is 0 Å². The van der Waals surface area contributed by atoms with E-state index in [1.807, 2.05) is 48.5 Å². The van der Waals surface area contributed by atoms with Gasteiger partial charge in [-0.2, -0.15) is 4.98 Å². The molecule has 0 aliphatic rings. The van der Waals surface area contributed by atoms with Crippen LogP contribution < -0.4 is 9.47 Å². The summed E-state index contributed by atoms with van der Waals surface area (Å²) in [5.74, 6) is 3.10. The molecule has 0 atom stereocenters. The van der Waals surface area contributed by atoms with Crippen molar-refractivity contribution in [3.8, 4) is 17.4 Å². The topological polar surface area (TPSA) is 44.2 Å². The van der Waals surface area contributed by atoms with Crippen LogP contribution in [0.5, 0.6) is 17.4 Å². The van der Waals surface area contributed by atoms with Crippen molar-refractivity contribution < 1.29 is 9.47 Å². The first-order valence-electron chi connectivity index (χ1n) is 8.51. The third-order valence-corrected chi connectivity index (χ3v) is 4.69. The predicted molar refractivity (Wildman–Crippen MR) is 105 cm³/mol. The van der Waals surface area contributed by atoms with Gasteiger partial charge in [0.1, 0.15) is 11.5 Å². The molecular weight excluding hydrogens is 344 g/mol. The summed E-state index contributed by atoms with van der Waals surface area (Å²) in [6.07, 6.45) is 0. The molecule has 0 saturated carbocycles. The molecule has 26 heavy (non-hydrogen) atoms. The lowest BCUT2D eigenvalue weighted by molar-refractivity contribution is 0.406. The van der Waals surface area contributed by atoms with Gasteiger partial charge in [-0.25, -0.2) is 4.98 Å². The van der Waals surface area contributed by atoms with E-state index in [1.165, 1.54) is 5.56 Å². The van der Waals surface area contributed by atoms with E-state index < -0.39 is 0 Å². The van der Waals surface area contributed by atoms with Crippen molar-refractivity contribution in [3.63, 3.8) is 0 Å². The highest BCUT2D eigenvalue weighted by Crippen LogP contribution is 2.28. The molecule has 3 rings (SSSR count). The van der Waals surface area contributed by atoms with Crippen LogP contribution in [0.25, 0.3) is 0 Å². The lowest BCUT2D eigenvalue weighted by atomic mass is 10.1. The standard InChI is InChI=1S/C21H22N2O2S/c1-15(2)19-13-20(25-18-11-7-10-17(12-18)24-3)23-21(22-19)26-14-16-8-5-4-6-9-16/h4-13,15H,14H2,1-3H3. The van der Waals surface area contributed by atoms with Crippen molar-refractivity contribution in [3.05, 3.63) is 71.9 Å². The van der Waals surface area contributed by atoms with Crippen molar-refractivity contribution in [2.24, 2.45) is 0 Å². The molecule has 0 N–H and O–H groups in total. The quantitative estimate of drug-likeness (QED) is 0.397. The van der Waals surface area contributed by atoms with Crippen molar-refractivity contribution in [2.75, 3.05) is 7.11 Å². The predicted octanol–water partition coefficient (Wildman–Crippen LogP) is 5.69. The lowest BCUT2D eigenvalue weighted by Gasteiger charge is -2.11. The Kier molecular flexibility index (Phi) is 6.12. The molecule has 1 heterocycles. The first-order valence-corrected chi connectivity index (χ1v) is 9.50. The number of hydrogen-bond donors (Lipinski definition) is 0. The number of thioether (sulfide) groups is 1. The average Bonchev–Trinajstić information content (AvgIpc) is 2.67. The van der Waals surface area contributed by atoms with Crippen LogP contribution in [0.15, 0.2) is 65.8 Å². The Morgan fingerprint density at radius 3 is 2.42 bits per heavy atom. The number of nitrogens with zero attached hydrogens (tertiary/aromatic N) is 2. The molecular formula is C21H22N2O2S. The highest BCUT2D eigenvalue weighted by molar-refractivity contribution is 7.98. The summed E-state index contributed by atoms with van der Waals surface area (Å²) in [5.41, 5.74) is 2.21. The Morgan fingerprint density at radius 1 is 0.923 bits per heavy atom. The largest absolute Gasteiger partial charge is 0.497 e. The van der Waals surface area contributed by atoms with E-state index in [4.69, 9.17) is 9.47 Å². The van der Waals surface area contributed by atoms with Gasteiger partial charge >= 0.3 is 0 Å². The molecule has 0 aliphatic carbocycles. The molecule has 0 spiro atoms. The Balaban J connectivity index is 1.81. The monoisotopic (exact) mass is 366 g/mol. The van der Waals surface area contributed by atoms with E-state index in [0.29, 0.717) is 17.5 Å². The third-order valence-electron chi connectivity index (χ3n) is 3.77.